The van der Waals surface area contributed by atoms with Crippen molar-refractivity contribution in [3.63, 3.8) is 0 Å². The van der Waals surface area contributed by atoms with Gasteiger partial charge in [0, 0.05) is 24.6 Å². The number of rotatable bonds is 3. The van der Waals surface area contributed by atoms with Gasteiger partial charge in [-0.25, -0.2) is 9.18 Å². The molecular formula is C14H13ClFNO4. The fourth-order valence-corrected chi connectivity index (χ4v) is 2.44. The summed E-state index contributed by atoms with van der Waals surface area (Å²) in [4.78, 5) is 24.1. The maximum Gasteiger partial charge on any atom is 0.326 e. The number of hydrogen-bond donors (Lipinski definition) is 2. The molecule has 1 saturated heterocycles. The number of amides is 1. The number of aliphatic hydroxyl groups is 1. The van der Waals surface area contributed by atoms with E-state index in [1.807, 2.05) is 0 Å². The summed E-state index contributed by atoms with van der Waals surface area (Å²) in [6.07, 6.45) is 1.36. The van der Waals surface area contributed by atoms with Crippen LogP contribution in [0.25, 0.3) is 6.08 Å². The summed E-state index contributed by atoms with van der Waals surface area (Å²) in [5.41, 5.74) is 0.0548. The predicted octanol–water partition coefficient (Wildman–Crippen LogP) is 1.54. The average molecular weight is 314 g/mol. The molecule has 0 spiro atoms. The van der Waals surface area contributed by atoms with Crippen LogP contribution in [-0.4, -0.2) is 45.7 Å². The van der Waals surface area contributed by atoms with E-state index in [0.717, 1.165) is 11.0 Å². The topological polar surface area (TPSA) is 77.8 Å². The summed E-state index contributed by atoms with van der Waals surface area (Å²) < 4.78 is 13.6. The number of β-amino-alcohol motifs (C(OH)–C–C–N with tert-alkyl or cyclic N) is 1. The van der Waals surface area contributed by atoms with Gasteiger partial charge in [-0.05, 0) is 18.2 Å². The van der Waals surface area contributed by atoms with Gasteiger partial charge in [0.15, 0.2) is 0 Å². The Labute approximate surface area is 125 Å². The number of carboxylic acids is 1. The van der Waals surface area contributed by atoms with E-state index >= 15 is 0 Å². The normalized spacial score (nSPS) is 22.0. The van der Waals surface area contributed by atoms with Crippen molar-refractivity contribution in [3.05, 3.63) is 40.7 Å². The zero-order valence-electron chi connectivity index (χ0n) is 10.9. The van der Waals surface area contributed by atoms with Crippen molar-refractivity contribution in [2.75, 3.05) is 6.54 Å². The molecule has 1 fully saturated rings. The number of aliphatic carboxylic acids is 1. The third-order valence-electron chi connectivity index (χ3n) is 3.24. The van der Waals surface area contributed by atoms with Crippen molar-refractivity contribution in [2.24, 2.45) is 0 Å². The molecular weight excluding hydrogens is 301 g/mol. The van der Waals surface area contributed by atoms with Crippen LogP contribution in [0.3, 0.4) is 0 Å². The van der Waals surface area contributed by atoms with Gasteiger partial charge in [-0.3, -0.25) is 4.79 Å². The van der Waals surface area contributed by atoms with Crippen LogP contribution in [0.1, 0.15) is 12.0 Å². The molecule has 0 saturated carbocycles. The lowest BCUT2D eigenvalue weighted by Gasteiger charge is -2.19. The molecule has 2 N–H and O–H groups in total. The molecule has 1 unspecified atom stereocenters. The Balaban J connectivity index is 2.17. The van der Waals surface area contributed by atoms with Crippen molar-refractivity contribution >= 4 is 29.6 Å². The van der Waals surface area contributed by atoms with Crippen LogP contribution < -0.4 is 0 Å². The maximum absolute atomic E-state index is 13.6. The minimum atomic E-state index is -1.18. The number of halogens is 2. The van der Waals surface area contributed by atoms with Crippen LogP contribution >= 0.6 is 11.6 Å². The van der Waals surface area contributed by atoms with E-state index in [-0.39, 0.29) is 23.6 Å². The molecule has 5 nitrogen and oxygen atoms in total. The first-order chi connectivity index (χ1) is 9.90. The van der Waals surface area contributed by atoms with Gasteiger partial charge in [-0.2, -0.15) is 0 Å². The fourth-order valence-electron chi connectivity index (χ4n) is 2.21. The lowest BCUT2D eigenvalue weighted by Crippen LogP contribution is -2.39. The molecule has 1 aromatic rings. The number of likely N-dealkylation sites (tertiary alicyclic amines) is 1. The molecule has 1 aliphatic heterocycles. The summed E-state index contributed by atoms with van der Waals surface area (Å²) in [5.74, 6) is -2.38. The van der Waals surface area contributed by atoms with Crippen LogP contribution in [0.5, 0.6) is 0 Å². The van der Waals surface area contributed by atoms with Crippen LogP contribution in [0, 0.1) is 5.82 Å². The van der Waals surface area contributed by atoms with E-state index in [9.17, 15) is 19.1 Å². The van der Waals surface area contributed by atoms with Gasteiger partial charge in [0.2, 0.25) is 5.91 Å². The van der Waals surface area contributed by atoms with Gasteiger partial charge >= 0.3 is 5.97 Å². The monoisotopic (exact) mass is 313 g/mol. The lowest BCUT2D eigenvalue weighted by atomic mass is 10.2. The highest BCUT2D eigenvalue weighted by molar-refractivity contribution is 6.32. The Kier molecular flexibility index (Phi) is 4.59. The Morgan fingerprint density at radius 1 is 1.43 bits per heavy atom. The third kappa shape index (κ3) is 3.40. The third-order valence-corrected chi connectivity index (χ3v) is 3.57. The zero-order valence-corrected chi connectivity index (χ0v) is 11.6. The number of carbonyl (C=O) groups excluding carboxylic acids is 1. The second kappa shape index (κ2) is 6.24. The van der Waals surface area contributed by atoms with Gasteiger partial charge in [-0.1, -0.05) is 17.7 Å². The van der Waals surface area contributed by atoms with E-state index in [1.165, 1.54) is 24.3 Å². The van der Waals surface area contributed by atoms with Crippen LogP contribution in [-0.2, 0) is 9.59 Å². The zero-order chi connectivity index (χ0) is 15.6. The number of benzene rings is 1. The summed E-state index contributed by atoms with van der Waals surface area (Å²) in [7, 11) is 0. The molecule has 7 heteroatoms. The quantitative estimate of drug-likeness (QED) is 0.830. The van der Waals surface area contributed by atoms with Gasteiger partial charge < -0.3 is 15.1 Å². The number of carboxylic acid groups (broad SMARTS) is 1. The molecule has 1 amide bonds. The SMILES string of the molecule is O=C(O)[C@@H]1CC(O)CN1C(=O)/C=C/c1c(F)cccc1Cl. The maximum atomic E-state index is 13.6. The number of nitrogens with zero attached hydrogens (tertiary/aromatic N) is 1. The molecule has 0 aliphatic carbocycles. The molecule has 112 valence electrons. The fraction of sp³-hybridized carbons (Fsp3) is 0.286. The Bertz CT molecular complexity index is 584. The van der Waals surface area contributed by atoms with Crippen molar-refractivity contribution in [1.82, 2.24) is 4.90 Å². The predicted molar refractivity (Wildman–Crippen MR) is 74.2 cm³/mol. The second-order valence-corrected chi connectivity index (χ2v) is 5.11. The minimum absolute atomic E-state index is 0.0185. The van der Waals surface area contributed by atoms with Crippen molar-refractivity contribution in [2.45, 2.75) is 18.6 Å². The highest BCUT2D eigenvalue weighted by Gasteiger charge is 2.38. The van der Waals surface area contributed by atoms with Gasteiger partial charge in [0.1, 0.15) is 11.9 Å². The van der Waals surface area contributed by atoms with Crippen LogP contribution in [0.15, 0.2) is 24.3 Å². The van der Waals surface area contributed by atoms with Crippen LogP contribution in [0.2, 0.25) is 5.02 Å². The Hall–Kier alpha value is -1.92. The van der Waals surface area contributed by atoms with Gasteiger partial charge in [0.25, 0.3) is 0 Å². The van der Waals surface area contributed by atoms with Gasteiger partial charge in [-0.15, -0.1) is 0 Å². The standard InChI is InChI=1S/C14H13ClFNO4/c15-10-2-1-3-11(16)9(10)4-5-13(19)17-7-8(18)6-12(17)14(20)21/h1-5,8,12,18H,6-7H2,(H,20,21)/b5-4+/t8?,12-/m0/s1. The summed E-state index contributed by atoms with van der Waals surface area (Å²) in [5, 5.41) is 18.6. The highest BCUT2D eigenvalue weighted by Crippen LogP contribution is 2.22. The molecule has 0 aromatic heterocycles. The Morgan fingerprint density at radius 3 is 2.76 bits per heavy atom. The first kappa shape index (κ1) is 15.5. The summed E-state index contributed by atoms with van der Waals surface area (Å²) >= 11 is 5.82. The largest absolute Gasteiger partial charge is 0.480 e. The highest BCUT2D eigenvalue weighted by atomic mass is 35.5. The summed E-state index contributed by atoms with van der Waals surface area (Å²) in [6, 6.07) is 3.05. The van der Waals surface area contributed by atoms with Crippen molar-refractivity contribution < 1.29 is 24.2 Å². The molecule has 1 heterocycles. The van der Waals surface area contributed by atoms with E-state index in [4.69, 9.17) is 16.7 Å². The molecule has 21 heavy (non-hydrogen) atoms. The first-order valence-electron chi connectivity index (χ1n) is 6.23. The molecule has 1 aliphatic rings. The van der Waals surface area contributed by atoms with Gasteiger partial charge in [0.05, 0.1) is 11.1 Å². The number of hydrogen-bond acceptors (Lipinski definition) is 3. The summed E-state index contributed by atoms with van der Waals surface area (Å²) in [6.45, 7) is -0.0643. The Morgan fingerprint density at radius 2 is 2.14 bits per heavy atom. The first-order valence-corrected chi connectivity index (χ1v) is 6.61. The number of aliphatic hydroxyl groups excluding tert-OH is 1. The minimum Gasteiger partial charge on any atom is -0.480 e. The molecule has 0 bridgehead atoms. The van der Waals surface area contributed by atoms with E-state index in [2.05, 4.69) is 0 Å². The molecule has 1 aromatic carbocycles. The second-order valence-electron chi connectivity index (χ2n) is 4.70. The molecule has 0 radical (unpaired) electrons. The van der Waals surface area contributed by atoms with Crippen LogP contribution in [0.4, 0.5) is 4.39 Å². The molecule has 2 rings (SSSR count). The van der Waals surface area contributed by atoms with E-state index < -0.39 is 29.8 Å². The lowest BCUT2D eigenvalue weighted by molar-refractivity contribution is -0.146. The van der Waals surface area contributed by atoms with E-state index in [1.54, 1.807) is 0 Å². The average Bonchev–Trinajstić information content (AvgIpc) is 2.80. The molecule has 2 atom stereocenters. The van der Waals surface area contributed by atoms with E-state index in [0.29, 0.717) is 0 Å². The smallest absolute Gasteiger partial charge is 0.326 e. The number of carbonyl (C=O) groups is 2. The van der Waals surface area contributed by atoms with Crippen molar-refractivity contribution in [3.8, 4) is 0 Å². The van der Waals surface area contributed by atoms with Crippen molar-refractivity contribution in [1.29, 1.82) is 0 Å².